The van der Waals surface area contributed by atoms with Crippen LogP contribution in [0.15, 0.2) is 159 Å². The molecule has 2 saturated heterocycles. The fourth-order valence-corrected chi connectivity index (χ4v) is 17.9. The number of phenolic OH excluding ortho intramolecular Hbond substituents is 2. The van der Waals surface area contributed by atoms with Crippen molar-refractivity contribution < 1.29 is 78.3 Å². The molecule has 3 fully saturated rings. The van der Waals surface area contributed by atoms with E-state index in [1.54, 1.807) is 71.9 Å². The molecule has 1 aromatic heterocycles. The number of fused-ring (bicyclic) bond motifs is 4. The van der Waals surface area contributed by atoms with Gasteiger partial charge in [0, 0.05) is 190 Å². The van der Waals surface area contributed by atoms with Crippen molar-refractivity contribution in [2.45, 2.75) is 195 Å². The number of ether oxygens (including phenoxy) is 4. The number of pyridine rings is 1. The fraction of sp³-hybridized carbons (Fsp3) is 0.470. The fourth-order valence-electron chi connectivity index (χ4n) is 17.7. The van der Waals surface area contributed by atoms with E-state index in [9.17, 15) is 53.9 Å². The van der Waals surface area contributed by atoms with Gasteiger partial charge in [-0.3, -0.25) is 29.2 Å². The van der Waals surface area contributed by atoms with E-state index >= 15 is 0 Å². The van der Waals surface area contributed by atoms with Crippen molar-refractivity contribution in [3.05, 3.63) is 198 Å². The van der Waals surface area contributed by atoms with Crippen molar-refractivity contribution in [2.75, 3.05) is 94.8 Å². The summed E-state index contributed by atoms with van der Waals surface area (Å²) in [7, 11) is 1.47. The maximum Gasteiger partial charge on any atom is 0.341 e. The number of likely N-dealkylation sites (tertiary alicyclic amines) is 1. The number of aliphatic hydroxyl groups is 4. The molecule has 15 rings (SSSR count). The molecule has 11 atom stereocenters. The molecule has 7 aromatic rings. The van der Waals surface area contributed by atoms with Crippen molar-refractivity contribution in [3.8, 4) is 34.3 Å². The standard InChI is InChI=1S/C46H62N4O11.C27H22Cl2N4.C17H18FN3O3.C10H24N2O2/c1-22(2)21-50-18-16-46(17-19-50)48-34-31-32-39(54)28(8)42-33(31)43(56)45(10,61-42)59-20-15-30(58-11)25(5)41(60-29(9)51)27(7)38(53)26(6)37(52)23(3)13-12-14-24(4)44(57)47-36(40(32)55)35(34)49-46;1-17(2)30-24-16-27-25(15-23(24)31-20-11-7-18(28)8-12-20)32-22-5-3-4-6-26(22)33(27)21-13-9-19(29)10-14-21;18-13-7-11-14(8-15(13)20-5-3-19-4-6-20)21(10-1-2-10)9-12(16(11)22)17(23)24;1-3-9(7-13)11-5-6-12-10(4-2)8-14/h12-15,20,22-23,25-27,30,37-38,41,48,52-55H,16-19,21H2,1-11H3;3-17,31H,1-2H3;7-10,19H,1-6H2,(H,23,24);9-14H,3-8H2,1-2H3/b13-12+,20-15+,24-14-,47-36?;;;/t23-,25+,26+,27+,30-,37-,38+,41+,45-;;;/m0.../s1. The third kappa shape index (κ3) is 22.8. The summed E-state index contributed by atoms with van der Waals surface area (Å²) in [5, 5.41) is 93.2. The number of esters is 1. The summed E-state index contributed by atoms with van der Waals surface area (Å²) < 4.78 is 42.6. The lowest BCUT2D eigenvalue weighted by molar-refractivity contribution is -0.160. The summed E-state index contributed by atoms with van der Waals surface area (Å²) in [6.45, 7) is 32.8. The number of ketones is 1. The van der Waals surface area contributed by atoms with Crippen molar-refractivity contribution in [1.29, 1.82) is 0 Å². The zero-order valence-electron chi connectivity index (χ0n) is 77.7. The lowest BCUT2D eigenvalue weighted by Gasteiger charge is -2.38. The van der Waals surface area contributed by atoms with E-state index in [1.165, 1.54) is 39.5 Å². The van der Waals surface area contributed by atoms with Crippen LogP contribution in [-0.2, 0) is 23.8 Å². The number of aliphatic hydroxyl groups excluding tert-OH is 4. The summed E-state index contributed by atoms with van der Waals surface area (Å²) in [5.74, 6) is -8.32. The minimum absolute atomic E-state index is 0.0538. The molecule has 7 heterocycles. The number of carbonyl (C=O) groups excluding carboxylic acids is 3. The Morgan fingerprint density at radius 1 is 0.788 bits per heavy atom. The predicted octanol–water partition coefficient (Wildman–Crippen LogP) is 13.5. The molecule has 2 unspecified atom stereocenters. The Labute approximate surface area is 778 Å². The van der Waals surface area contributed by atoms with Crippen LogP contribution < -0.4 is 57.7 Å². The van der Waals surface area contributed by atoms with Crippen molar-refractivity contribution in [1.82, 2.24) is 35.0 Å². The molecule has 708 valence electrons. The number of aromatic carboxylic acids is 1. The van der Waals surface area contributed by atoms with Gasteiger partial charge >= 0.3 is 17.7 Å². The monoisotopic (exact) mass is 1850 g/mol. The highest BCUT2D eigenvalue weighted by atomic mass is 35.5. The van der Waals surface area contributed by atoms with Gasteiger partial charge in [0.05, 0.1) is 99.1 Å². The van der Waals surface area contributed by atoms with Gasteiger partial charge in [0.2, 0.25) is 5.43 Å². The molecule has 29 nitrogen and oxygen atoms in total. The number of carbonyl (C=O) groups is 4. The van der Waals surface area contributed by atoms with Gasteiger partial charge in [-0.25, -0.2) is 19.2 Å². The smallest absolute Gasteiger partial charge is 0.341 e. The molecule has 32 heteroatoms. The van der Waals surface area contributed by atoms with Crippen LogP contribution in [0, 0.1) is 42.3 Å². The first kappa shape index (κ1) is 100. The van der Waals surface area contributed by atoms with E-state index in [4.69, 9.17) is 67.3 Å². The predicted molar refractivity (Wildman–Crippen MR) is 513 cm³/mol. The van der Waals surface area contributed by atoms with Crippen LogP contribution in [0.5, 0.6) is 17.2 Å². The molecular formula is C100H126Cl2FN13O16. The molecule has 1 spiro atoms. The highest BCUT2D eigenvalue weighted by Crippen LogP contribution is 2.52. The summed E-state index contributed by atoms with van der Waals surface area (Å²) in [6, 6.07) is 31.4. The number of carboxylic acid groups (broad SMARTS) is 1. The van der Waals surface area contributed by atoms with Gasteiger partial charge in [-0.2, -0.15) is 0 Å². The number of hydrogen-bond acceptors (Lipinski definition) is 25. The zero-order chi connectivity index (χ0) is 95.5. The number of piperazine rings is 1. The quantitative estimate of drug-likeness (QED) is 0.0146. The topological polar surface area (TPSA) is 390 Å². The van der Waals surface area contributed by atoms with E-state index in [2.05, 4.69) is 86.9 Å². The third-order valence-electron chi connectivity index (χ3n) is 25.4. The number of nitrogens with zero attached hydrogens (tertiary/aromatic N) is 8. The molecule has 0 radical (unpaired) electrons. The summed E-state index contributed by atoms with van der Waals surface area (Å²) in [4.78, 5) is 88.5. The zero-order valence-corrected chi connectivity index (χ0v) is 79.3. The summed E-state index contributed by atoms with van der Waals surface area (Å²) >= 11 is 12.2. The van der Waals surface area contributed by atoms with Crippen LogP contribution >= 0.6 is 23.2 Å². The first-order chi connectivity index (χ1) is 63.0. The van der Waals surface area contributed by atoms with E-state index in [0.29, 0.717) is 58.8 Å². The van der Waals surface area contributed by atoms with Crippen LogP contribution in [0.3, 0.4) is 0 Å². The third-order valence-corrected chi connectivity index (χ3v) is 25.9. The lowest BCUT2D eigenvalue weighted by atomic mass is 9.78. The average molecular weight is 1860 g/mol. The second kappa shape index (κ2) is 44.0. The van der Waals surface area contributed by atoms with E-state index in [1.807, 2.05) is 90.0 Å². The highest BCUT2D eigenvalue weighted by Gasteiger charge is 2.51. The van der Waals surface area contributed by atoms with Gasteiger partial charge in [-0.15, -0.1) is 0 Å². The first-order valence-electron chi connectivity index (χ1n) is 45.6. The molecule has 1 amide bonds. The lowest BCUT2D eigenvalue weighted by Crippen LogP contribution is -2.47. The van der Waals surface area contributed by atoms with Gasteiger partial charge in [0.1, 0.15) is 45.4 Å². The molecule has 4 bridgehead atoms. The number of para-hydroxylation sites is 2. The number of rotatable bonds is 20. The van der Waals surface area contributed by atoms with Crippen LogP contribution in [0.1, 0.15) is 161 Å². The molecule has 6 aromatic carbocycles. The number of hydrogen-bond donors (Lipinski definition) is 12. The van der Waals surface area contributed by atoms with Gasteiger partial charge in [-0.05, 0) is 150 Å². The second-order valence-electron chi connectivity index (χ2n) is 36.0. The number of nitrogens with one attached hydrogen (secondary N) is 5. The van der Waals surface area contributed by atoms with E-state index in [0.717, 1.165) is 116 Å². The van der Waals surface area contributed by atoms with Crippen LogP contribution in [0.2, 0.25) is 10.0 Å². The molecule has 1 saturated carbocycles. The summed E-state index contributed by atoms with van der Waals surface area (Å²) in [6.07, 6.45) is 10.2. The van der Waals surface area contributed by atoms with Crippen LogP contribution in [-0.4, -0.2) is 212 Å². The maximum absolute atomic E-state index is 14.7. The number of piperidine rings is 1. The number of halogens is 3. The van der Waals surface area contributed by atoms with E-state index in [-0.39, 0.29) is 98.0 Å². The van der Waals surface area contributed by atoms with Crippen molar-refractivity contribution >= 4 is 102 Å². The Kier molecular flexibility index (Phi) is 33.4. The Hall–Kier alpha value is -10.7. The van der Waals surface area contributed by atoms with Crippen molar-refractivity contribution in [2.24, 2.45) is 44.6 Å². The average Bonchev–Trinajstić information content (AvgIpc) is 1.46. The van der Waals surface area contributed by atoms with Crippen LogP contribution in [0.4, 0.5) is 27.1 Å². The molecule has 132 heavy (non-hydrogen) atoms. The number of benzene rings is 7. The van der Waals surface area contributed by atoms with Crippen LogP contribution in [0.25, 0.3) is 49.8 Å². The Morgan fingerprint density at radius 3 is 2.03 bits per heavy atom. The number of aromatic nitrogens is 3. The van der Waals surface area contributed by atoms with Gasteiger partial charge in [0.15, 0.2) is 5.75 Å². The number of aromatic hydroxyl groups is 2. The number of allylic oxidation sites excluding steroid dienone is 2. The largest absolute Gasteiger partial charge is 0.507 e. The molecule has 6 aliphatic heterocycles. The normalized spacial score (nSPS) is 23.0. The van der Waals surface area contributed by atoms with Gasteiger partial charge in [-0.1, -0.05) is 109 Å². The molecule has 2 aliphatic carbocycles. The van der Waals surface area contributed by atoms with E-state index < -0.39 is 100 Å². The number of anilines is 4. The number of carboxylic acids is 1. The van der Waals surface area contributed by atoms with Crippen molar-refractivity contribution in [3.63, 3.8) is 0 Å². The SMILES string of the molecule is CC(C)N=c1cc2n(-c3ccc(Cl)cc3)c3ccccc3nc-2cc1Nc1ccc(Cl)cc1.CCC(CO)NCCNC(CC)CO.CO[C@H]1/C=C/O[C@@]2(C)Oc3c(C)c(O)c4c(O)c(c5c(c4c3C2=O)NC2(CCN(CC(C)C)CC2)N=5)=NC(=O)/C(C)=C\C=C\[C@H](C)[C@H](O)[C@@H](C)[C@@H](O)[C@@H](C)[C@H](OC(C)=O)[C@@H]1C.O=C(O)c1cn(C2CC2)c2cc(N3CCNCC3)c(F)cc2c1=O. The number of phenols is 2. The number of amides is 1. The molecular weight excluding hydrogens is 1730 g/mol. The first-order valence-corrected chi connectivity index (χ1v) is 46.3. The highest BCUT2D eigenvalue weighted by molar-refractivity contribution is 6.31. The minimum atomic E-state index is -1.95. The number of Topliss-reactive ketones (excluding diaryl/α,β-unsaturated/α-hetero) is 1. The molecule has 8 aliphatic rings. The van der Waals surface area contributed by atoms with Gasteiger partial charge in [0.25, 0.3) is 11.7 Å². The number of methoxy groups -OCH3 is 1. The van der Waals surface area contributed by atoms with Gasteiger partial charge < -0.3 is 100 Å². The maximum atomic E-state index is 14.7. The second-order valence-corrected chi connectivity index (χ2v) is 36.8. The molecule has 12 N–H and O–H groups in total. The Bertz CT molecular complexity index is 5990. The summed E-state index contributed by atoms with van der Waals surface area (Å²) in [5.41, 5.74) is 6.64. The Morgan fingerprint density at radius 2 is 1.43 bits per heavy atom. The Balaban J connectivity index is 0.000000183. The minimum Gasteiger partial charge on any atom is -0.507 e.